The van der Waals surface area contributed by atoms with Gasteiger partial charge >= 0.3 is 6.18 Å². The minimum atomic E-state index is -4.52. The Hall–Kier alpha value is -4.36. The molecule has 0 radical (unpaired) electrons. The minimum absolute atomic E-state index is 0.00795. The van der Waals surface area contributed by atoms with Crippen LogP contribution in [0.2, 0.25) is 0 Å². The third-order valence-electron chi connectivity index (χ3n) is 8.73. The Morgan fingerprint density at radius 2 is 1.73 bits per heavy atom. The molecule has 2 saturated heterocycles. The van der Waals surface area contributed by atoms with Crippen molar-refractivity contribution < 1.29 is 18.0 Å². The number of aryl methyl sites for hydroxylation is 1. The van der Waals surface area contributed by atoms with Gasteiger partial charge in [0.2, 0.25) is 5.95 Å². The van der Waals surface area contributed by atoms with Crippen LogP contribution in [-0.4, -0.2) is 87.9 Å². The van der Waals surface area contributed by atoms with E-state index in [2.05, 4.69) is 42.0 Å². The number of nitrogens with one attached hydrogen (secondary N) is 1. The molecule has 4 heterocycles. The van der Waals surface area contributed by atoms with Crippen LogP contribution in [0.15, 0.2) is 48.8 Å². The minimum Gasteiger partial charge on any atom is -0.382 e. The van der Waals surface area contributed by atoms with Crippen molar-refractivity contribution in [3.63, 3.8) is 0 Å². The highest BCUT2D eigenvalue weighted by Gasteiger charge is 2.31. The summed E-state index contributed by atoms with van der Waals surface area (Å²) in [6, 6.07) is 10.5. The molecule has 6 rings (SSSR count). The van der Waals surface area contributed by atoms with Gasteiger partial charge in [-0.15, -0.1) is 0 Å². The number of nitrogen functional groups attached to an aromatic ring is 1. The fourth-order valence-corrected chi connectivity index (χ4v) is 6.04. The number of carbonyl (C=O) groups is 1. The molecule has 2 aromatic heterocycles. The summed E-state index contributed by atoms with van der Waals surface area (Å²) in [5, 5.41) is 3.32. The van der Waals surface area contributed by atoms with E-state index >= 15 is 0 Å². The van der Waals surface area contributed by atoms with Gasteiger partial charge < -0.3 is 20.9 Å². The van der Waals surface area contributed by atoms with Crippen LogP contribution in [-0.2, 0) is 12.6 Å². The highest BCUT2D eigenvalue weighted by molar-refractivity contribution is 5.98. The Labute approximate surface area is 259 Å². The molecule has 0 unspecified atom stereocenters. The number of fused-ring (bicyclic) bond motifs is 1. The molecule has 0 spiro atoms. The smallest absolute Gasteiger partial charge is 0.382 e. The van der Waals surface area contributed by atoms with Gasteiger partial charge in [0.1, 0.15) is 17.4 Å². The largest absolute Gasteiger partial charge is 0.416 e. The Balaban J connectivity index is 1.20. The molecular weight excluding hydrogens is 583 g/mol. The van der Waals surface area contributed by atoms with Gasteiger partial charge in [-0.2, -0.15) is 18.2 Å². The van der Waals surface area contributed by atoms with E-state index < -0.39 is 17.5 Å². The molecule has 0 aliphatic carbocycles. The van der Waals surface area contributed by atoms with Crippen LogP contribution >= 0.6 is 0 Å². The number of anilines is 4. The van der Waals surface area contributed by atoms with Crippen LogP contribution in [0.1, 0.15) is 39.9 Å². The molecule has 2 fully saturated rings. The van der Waals surface area contributed by atoms with E-state index in [1.807, 2.05) is 13.0 Å². The number of likely N-dealkylation sites (tertiary alicyclic amines) is 1. The Morgan fingerprint density at radius 3 is 2.47 bits per heavy atom. The molecule has 236 valence electrons. The summed E-state index contributed by atoms with van der Waals surface area (Å²) >= 11 is 0. The molecule has 2 aliphatic rings. The molecular formula is C32H36F3N9O. The topological polar surface area (TPSA) is 116 Å². The molecule has 45 heavy (non-hydrogen) atoms. The third kappa shape index (κ3) is 6.84. The van der Waals surface area contributed by atoms with Gasteiger partial charge in [0.15, 0.2) is 17.4 Å². The van der Waals surface area contributed by atoms with Gasteiger partial charge in [-0.3, -0.25) is 9.69 Å². The van der Waals surface area contributed by atoms with Crippen LogP contribution < -0.4 is 16.0 Å². The number of halogens is 3. The lowest BCUT2D eigenvalue weighted by atomic mass is 9.99. The SMILES string of the molecule is Cc1ccc(CC(=O)c2cccc(C(F)(F)F)c2)cc1Nc1ncnc2c(N)nc(N3CCN(C4CCN(C)CC4)CC3)nc12. The second-order valence-electron chi connectivity index (χ2n) is 11.8. The molecule has 10 nitrogen and oxygen atoms in total. The highest BCUT2D eigenvalue weighted by atomic mass is 19.4. The number of ketones is 1. The van der Waals surface area contributed by atoms with Gasteiger partial charge in [0, 0.05) is 49.9 Å². The van der Waals surface area contributed by atoms with Gasteiger partial charge in [-0.25, -0.2) is 15.0 Å². The third-order valence-corrected chi connectivity index (χ3v) is 8.73. The van der Waals surface area contributed by atoms with Crippen molar-refractivity contribution in [2.45, 2.75) is 38.4 Å². The van der Waals surface area contributed by atoms with Gasteiger partial charge in [-0.1, -0.05) is 24.3 Å². The molecule has 13 heteroatoms. The number of hydrogen-bond acceptors (Lipinski definition) is 10. The molecule has 4 aromatic rings. The first-order chi connectivity index (χ1) is 21.5. The summed E-state index contributed by atoms with van der Waals surface area (Å²) in [4.78, 5) is 38.2. The van der Waals surface area contributed by atoms with Gasteiger partial charge in [-0.05, 0) is 69.2 Å². The molecule has 0 atom stereocenters. The summed E-state index contributed by atoms with van der Waals surface area (Å²) in [5.74, 6) is 0.808. The monoisotopic (exact) mass is 619 g/mol. The predicted octanol–water partition coefficient (Wildman–Crippen LogP) is 4.71. The van der Waals surface area contributed by atoms with Crippen LogP contribution in [0.3, 0.4) is 0 Å². The molecule has 0 bridgehead atoms. The van der Waals surface area contributed by atoms with E-state index in [9.17, 15) is 18.0 Å². The zero-order valence-corrected chi connectivity index (χ0v) is 25.3. The second-order valence-corrected chi connectivity index (χ2v) is 11.8. The number of aromatic nitrogens is 4. The number of nitrogens with two attached hydrogens (primary N) is 1. The average molecular weight is 620 g/mol. The van der Waals surface area contributed by atoms with Crippen LogP contribution in [0, 0.1) is 6.92 Å². The first kappa shape index (κ1) is 30.7. The summed E-state index contributed by atoms with van der Waals surface area (Å²) in [7, 11) is 2.17. The number of rotatable bonds is 7. The highest BCUT2D eigenvalue weighted by Crippen LogP contribution is 2.31. The molecule has 2 aliphatic heterocycles. The van der Waals surface area contributed by atoms with E-state index in [0.29, 0.717) is 40.1 Å². The zero-order chi connectivity index (χ0) is 31.7. The number of hydrogen-bond donors (Lipinski definition) is 2. The van der Waals surface area contributed by atoms with E-state index in [1.165, 1.54) is 31.3 Å². The maximum absolute atomic E-state index is 13.2. The summed E-state index contributed by atoms with van der Waals surface area (Å²) in [5.41, 5.74) is 8.62. The summed E-state index contributed by atoms with van der Waals surface area (Å²) in [6.45, 7) is 7.58. The molecule has 2 aromatic carbocycles. The Bertz CT molecular complexity index is 1700. The number of nitrogens with zero attached hydrogens (tertiary/aromatic N) is 7. The summed E-state index contributed by atoms with van der Waals surface area (Å²) < 4.78 is 39.5. The number of piperazine rings is 1. The number of piperidine rings is 1. The maximum Gasteiger partial charge on any atom is 0.416 e. The average Bonchev–Trinajstić information content (AvgIpc) is 3.03. The number of alkyl halides is 3. The predicted molar refractivity (Wildman–Crippen MR) is 168 cm³/mol. The van der Waals surface area contributed by atoms with E-state index in [1.54, 1.807) is 12.1 Å². The lowest BCUT2D eigenvalue weighted by molar-refractivity contribution is -0.137. The van der Waals surface area contributed by atoms with E-state index in [-0.39, 0.29) is 17.8 Å². The Morgan fingerprint density at radius 1 is 0.978 bits per heavy atom. The van der Waals surface area contributed by atoms with Gasteiger partial charge in [0.05, 0.1) is 5.56 Å². The standard InChI is InChI=1S/C32H36F3N9O/c1-20-6-7-21(17-26(45)22-4-3-5-23(18-22)32(33,34)35)16-25(20)39-30-28-27(37-19-38-30)29(36)41-31(40-28)44-14-12-43(13-15-44)24-8-10-42(2)11-9-24/h3-7,16,18-19,24H,8-15,17H2,1-2H3,(H2,36,40,41)(H,37,38,39). The fourth-order valence-electron chi connectivity index (χ4n) is 6.04. The summed E-state index contributed by atoms with van der Waals surface area (Å²) in [6.07, 6.45) is -0.833. The maximum atomic E-state index is 13.2. The van der Waals surface area contributed by atoms with Crippen molar-refractivity contribution >= 4 is 40.1 Å². The van der Waals surface area contributed by atoms with Crippen LogP contribution in [0.4, 0.5) is 36.4 Å². The quantitative estimate of drug-likeness (QED) is 0.282. The first-order valence-electron chi connectivity index (χ1n) is 15.1. The molecule has 0 saturated carbocycles. The second kappa shape index (κ2) is 12.6. The fraction of sp³-hybridized carbons (Fsp3) is 0.406. The Kier molecular flexibility index (Phi) is 8.56. The number of Topliss-reactive ketones (excluding diaryl/α,β-unsaturated/α-hetero) is 1. The van der Waals surface area contributed by atoms with Crippen LogP contribution in [0.25, 0.3) is 11.0 Å². The first-order valence-corrected chi connectivity index (χ1v) is 15.1. The van der Waals surface area contributed by atoms with Crippen molar-refractivity contribution in [3.8, 4) is 0 Å². The molecule has 0 amide bonds. The van der Waals surface area contributed by atoms with Crippen molar-refractivity contribution in [3.05, 3.63) is 71.0 Å². The van der Waals surface area contributed by atoms with Crippen molar-refractivity contribution in [1.82, 2.24) is 29.7 Å². The molecule has 3 N–H and O–H groups in total. The van der Waals surface area contributed by atoms with E-state index in [0.717, 1.165) is 57.0 Å². The normalized spacial score (nSPS) is 17.1. The van der Waals surface area contributed by atoms with Crippen LogP contribution in [0.5, 0.6) is 0 Å². The van der Waals surface area contributed by atoms with Crippen molar-refractivity contribution in [2.24, 2.45) is 0 Å². The van der Waals surface area contributed by atoms with Gasteiger partial charge in [0.25, 0.3) is 0 Å². The lowest BCUT2D eigenvalue weighted by Crippen LogP contribution is -2.53. The number of carbonyl (C=O) groups excluding carboxylic acids is 1. The zero-order valence-electron chi connectivity index (χ0n) is 25.3. The lowest BCUT2D eigenvalue weighted by Gasteiger charge is -2.42. The number of benzene rings is 2. The van der Waals surface area contributed by atoms with Crippen molar-refractivity contribution in [1.29, 1.82) is 0 Å². The van der Waals surface area contributed by atoms with E-state index in [4.69, 9.17) is 10.7 Å². The van der Waals surface area contributed by atoms with Crippen molar-refractivity contribution in [2.75, 3.05) is 62.3 Å².